The van der Waals surface area contributed by atoms with Crippen molar-refractivity contribution in [2.45, 2.75) is 19.9 Å². The Morgan fingerprint density at radius 2 is 1.72 bits per heavy atom. The van der Waals surface area contributed by atoms with Crippen LogP contribution in [0.4, 0.5) is 14.5 Å². The fourth-order valence-electron chi connectivity index (χ4n) is 3.23. The molecule has 1 aromatic heterocycles. The molecule has 4 rings (SSSR count). The Bertz CT molecular complexity index is 1280. The number of aryl methyl sites for hydroxylation is 1. The normalized spacial score (nSPS) is 11.0. The highest BCUT2D eigenvalue weighted by Gasteiger charge is 2.14. The maximum atomic E-state index is 12.8. The van der Waals surface area contributed by atoms with Crippen molar-refractivity contribution in [3.05, 3.63) is 94.8 Å². The Morgan fingerprint density at radius 1 is 0.969 bits per heavy atom. The number of amides is 2. The second-order valence-corrected chi connectivity index (χ2v) is 7.36. The number of hydrogen-bond donors (Lipinski definition) is 3. The fraction of sp³-hybridized carbons (Fsp3) is 0.125. The van der Waals surface area contributed by atoms with E-state index in [1.54, 1.807) is 30.3 Å². The molecule has 8 heteroatoms. The molecule has 2 amide bonds. The highest BCUT2D eigenvalue weighted by atomic mass is 19.3. The summed E-state index contributed by atoms with van der Waals surface area (Å²) in [6.07, 6.45) is -2.71. The van der Waals surface area contributed by atoms with E-state index < -0.39 is 12.2 Å². The third kappa shape index (κ3) is 4.80. The summed E-state index contributed by atoms with van der Waals surface area (Å²) in [4.78, 5) is 31.2. The van der Waals surface area contributed by atoms with Gasteiger partial charge >= 0.3 is 0 Å². The predicted octanol–water partition coefficient (Wildman–Crippen LogP) is 4.99. The molecule has 3 aromatic carbocycles. The Labute approximate surface area is 182 Å². The maximum absolute atomic E-state index is 12.8. The molecule has 0 atom stereocenters. The molecule has 4 aromatic rings. The first kappa shape index (κ1) is 21.2. The summed E-state index contributed by atoms with van der Waals surface area (Å²) in [5.74, 6) is -1.00. The van der Waals surface area contributed by atoms with E-state index in [2.05, 4.69) is 20.6 Å². The van der Waals surface area contributed by atoms with E-state index in [0.29, 0.717) is 27.8 Å². The summed E-state index contributed by atoms with van der Waals surface area (Å²) in [6, 6.07) is 19.0. The van der Waals surface area contributed by atoms with Gasteiger partial charge in [-0.3, -0.25) is 9.59 Å². The van der Waals surface area contributed by atoms with Gasteiger partial charge in [-0.05, 0) is 55.0 Å². The lowest BCUT2D eigenvalue weighted by Gasteiger charge is -2.09. The highest BCUT2D eigenvalue weighted by molar-refractivity contribution is 6.04. The second-order valence-electron chi connectivity index (χ2n) is 7.36. The van der Waals surface area contributed by atoms with Crippen molar-refractivity contribution in [1.82, 2.24) is 15.3 Å². The number of imidazole rings is 1. The van der Waals surface area contributed by atoms with Crippen LogP contribution in [0.1, 0.15) is 44.1 Å². The number of anilines is 1. The number of benzene rings is 3. The number of hydrogen-bond acceptors (Lipinski definition) is 3. The first-order valence-corrected chi connectivity index (χ1v) is 9.92. The minimum Gasteiger partial charge on any atom is -0.348 e. The molecule has 0 fully saturated rings. The molecular weight excluding hydrogens is 414 g/mol. The van der Waals surface area contributed by atoms with Gasteiger partial charge in [-0.2, -0.15) is 0 Å². The van der Waals surface area contributed by atoms with Crippen molar-refractivity contribution in [2.75, 3.05) is 5.32 Å². The van der Waals surface area contributed by atoms with Crippen LogP contribution in [0.5, 0.6) is 0 Å². The summed E-state index contributed by atoms with van der Waals surface area (Å²) in [5, 5.41) is 5.64. The van der Waals surface area contributed by atoms with Crippen LogP contribution in [0.2, 0.25) is 0 Å². The van der Waals surface area contributed by atoms with Crippen molar-refractivity contribution in [1.29, 1.82) is 0 Å². The van der Waals surface area contributed by atoms with Gasteiger partial charge in [0.15, 0.2) is 5.82 Å². The SMILES string of the molecule is Cc1ccc(C(=O)Nc2cccc(CNC(=O)c3ccc4nc(C(F)F)[nH]c4c3)c2)cc1. The fourth-order valence-corrected chi connectivity index (χ4v) is 3.23. The maximum Gasteiger partial charge on any atom is 0.295 e. The van der Waals surface area contributed by atoms with Gasteiger partial charge < -0.3 is 15.6 Å². The minimum absolute atomic E-state index is 0.220. The summed E-state index contributed by atoms with van der Waals surface area (Å²) in [7, 11) is 0. The molecule has 1 heterocycles. The van der Waals surface area contributed by atoms with Crippen LogP contribution in [0.25, 0.3) is 11.0 Å². The van der Waals surface area contributed by atoms with Crippen LogP contribution in [-0.2, 0) is 6.54 Å². The van der Waals surface area contributed by atoms with Gasteiger partial charge in [0.05, 0.1) is 11.0 Å². The molecule has 0 spiro atoms. The quantitative estimate of drug-likeness (QED) is 0.400. The predicted molar refractivity (Wildman–Crippen MR) is 118 cm³/mol. The van der Waals surface area contributed by atoms with Crippen LogP contribution in [-0.4, -0.2) is 21.8 Å². The number of aromatic amines is 1. The monoisotopic (exact) mass is 434 g/mol. The van der Waals surface area contributed by atoms with Crippen LogP contribution in [0.15, 0.2) is 66.7 Å². The number of nitrogens with zero attached hydrogens (tertiary/aromatic N) is 1. The third-order valence-corrected chi connectivity index (χ3v) is 4.92. The smallest absolute Gasteiger partial charge is 0.295 e. The summed E-state index contributed by atoms with van der Waals surface area (Å²) in [6.45, 7) is 2.18. The number of rotatable bonds is 6. The minimum atomic E-state index is -2.71. The molecule has 0 unspecified atom stereocenters. The molecule has 32 heavy (non-hydrogen) atoms. The van der Waals surface area contributed by atoms with Crippen molar-refractivity contribution in [3.8, 4) is 0 Å². The van der Waals surface area contributed by atoms with Gasteiger partial charge in [-0.15, -0.1) is 0 Å². The molecule has 0 aliphatic carbocycles. The third-order valence-electron chi connectivity index (χ3n) is 4.92. The molecule has 0 radical (unpaired) electrons. The lowest BCUT2D eigenvalue weighted by molar-refractivity contribution is 0.0950. The Kier molecular flexibility index (Phi) is 5.93. The summed E-state index contributed by atoms with van der Waals surface area (Å²) < 4.78 is 25.6. The molecule has 6 nitrogen and oxygen atoms in total. The average molecular weight is 434 g/mol. The van der Waals surface area contributed by atoms with Crippen molar-refractivity contribution >= 4 is 28.5 Å². The zero-order chi connectivity index (χ0) is 22.7. The number of nitrogens with one attached hydrogen (secondary N) is 3. The number of carbonyl (C=O) groups is 2. The zero-order valence-corrected chi connectivity index (χ0v) is 17.2. The average Bonchev–Trinajstić information content (AvgIpc) is 3.22. The number of carbonyl (C=O) groups excluding carboxylic acids is 2. The molecule has 0 aliphatic heterocycles. The van der Waals surface area contributed by atoms with E-state index in [1.165, 1.54) is 18.2 Å². The van der Waals surface area contributed by atoms with Gasteiger partial charge in [0.2, 0.25) is 0 Å². The van der Waals surface area contributed by atoms with Gasteiger partial charge in [0.25, 0.3) is 18.2 Å². The highest BCUT2D eigenvalue weighted by Crippen LogP contribution is 2.21. The molecule has 0 bridgehead atoms. The molecule has 0 aliphatic rings. The van der Waals surface area contributed by atoms with Gasteiger partial charge in [0, 0.05) is 23.4 Å². The first-order chi connectivity index (χ1) is 15.4. The number of aromatic nitrogens is 2. The summed E-state index contributed by atoms with van der Waals surface area (Å²) in [5.41, 5.74) is 4.09. The van der Waals surface area contributed by atoms with Gasteiger partial charge in [-0.1, -0.05) is 29.8 Å². The van der Waals surface area contributed by atoms with E-state index in [4.69, 9.17) is 0 Å². The van der Waals surface area contributed by atoms with E-state index in [0.717, 1.165) is 11.1 Å². The molecule has 0 saturated carbocycles. The zero-order valence-electron chi connectivity index (χ0n) is 17.2. The van der Waals surface area contributed by atoms with Gasteiger partial charge in [-0.25, -0.2) is 13.8 Å². The number of alkyl halides is 2. The Hall–Kier alpha value is -4.07. The van der Waals surface area contributed by atoms with Crippen molar-refractivity contribution in [2.24, 2.45) is 0 Å². The van der Waals surface area contributed by atoms with E-state index in [1.807, 2.05) is 25.1 Å². The standard InChI is InChI=1S/C24H20F2N4O2/c1-14-5-7-16(8-6-14)24(32)28-18-4-2-3-15(11-18)13-27-23(31)17-9-10-19-20(12-17)30-22(29-19)21(25)26/h2-12,21H,13H2,1H3,(H,27,31)(H,28,32)(H,29,30). The molecule has 3 N–H and O–H groups in total. The van der Waals surface area contributed by atoms with Crippen LogP contribution < -0.4 is 10.6 Å². The van der Waals surface area contributed by atoms with E-state index >= 15 is 0 Å². The van der Waals surface area contributed by atoms with Crippen LogP contribution in [0, 0.1) is 6.92 Å². The number of H-pyrrole nitrogens is 1. The van der Waals surface area contributed by atoms with Gasteiger partial charge in [0.1, 0.15) is 0 Å². The Morgan fingerprint density at radius 3 is 2.47 bits per heavy atom. The lowest BCUT2D eigenvalue weighted by Crippen LogP contribution is -2.22. The lowest BCUT2D eigenvalue weighted by atomic mass is 10.1. The van der Waals surface area contributed by atoms with Crippen molar-refractivity contribution in [3.63, 3.8) is 0 Å². The van der Waals surface area contributed by atoms with Crippen molar-refractivity contribution < 1.29 is 18.4 Å². The molecular formula is C24H20F2N4O2. The largest absolute Gasteiger partial charge is 0.348 e. The second kappa shape index (κ2) is 8.97. The number of fused-ring (bicyclic) bond motifs is 1. The number of halogens is 2. The first-order valence-electron chi connectivity index (χ1n) is 9.92. The summed E-state index contributed by atoms with van der Waals surface area (Å²) >= 11 is 0. The van der Waals surface area contributed by atoms with Crippen LogP contribution >= 0.6 is 0 Å². The van der Waals surface area contributed by atoms with E-state index in [9.17, 15) is 18.4 Å². The molecule has 0 saturated heterocycles. The van der Waals surface area contributed by atoms with Crippen LogP contribution in [0.3, 0.4) is 0 Å². The topological polar surface area (TPSA) is 86.9 Å². The molecule has 162 valence electrons. The van der Waals surface area contributed by atoms with E-state index in [-0.39, 0.29) is 18.4 Å². The Balaban J connectivity index is 1.40.